The van der Waals surface area contributed by atoms with E-state index >= 15 is 0 Å². The van der Waals surface area contributed by atoms with Crippen molar-refractivity contribution in [3.05, 3.63) is 41.2 Å². The third-order valence-electron chi connectivity index (χ3n) is 5.38. The van der Waals surface area contributed by atoms with Crippen LogP contribution in [0.25, 0.3) is 22.3 Å². The topological polar surface area (TPSA) is 82.7 Å². The van der Waals surface area contributed by atoms with Gasteiger partial charge in [-0.1, -0.05) is 12.1 Å². The minimum atomic E-state index is -0.0140. The molecule has 0 unspecified atom stereocenters. The van der Waals surface area contributed by atoms with Gasteiger partial charge in [0.1, 0.15) is 11.3 Å². The summed E-state index contributed by atoms with van der Waals surface area (Å²) in [5.74, 6) is 0.832. The summed E-state index contributed by atoms with van der Waals surface area (Å²) in [4.78, 5) is 25.2. The molecule has 1 saturated carbocycles. The number of amides is 1. The second-order valence-corrected chi connectivity index (χ2v) is 7.60. The second kappa shape index (κ2) is 5.30. The lowest BCUT2D eigenvalue weighted by molar-refractivity contribution is 0.0946. The fourth-order valence-corrected chi connectivity index (χ4v) is 3.54. The van der Waals surface area contributed by atoms with Gasteiger partial charge in [-0.25, -0.2) is 9.97 Å². The Hall–Kier alpha value is -2.89. The Morgan fingerprint density at radius 3 is 2.81 bits per heavy atom. The van der Waals surface area contributed by atoms with Crippen LogP contribution >= 0.6 is 0 Å². The predicted molar refractivity (Wildman–Crippen MR) is 101 cm³/mol. The van der Waals surface area contributed by atoms with Crippen LogP contribution in [0.1, 0.15) is 41.5 Å². The molecule has 132 valence electrons. The zero-order valence-electron chi connectivity index (χ0n) is 14.9. The van der Waals surface area contributed by atoms with Gasteiger partial charge in [-0.3, -0.25) is 4.79 Å². The number of aromatic nitrogens is 3. The highest BCUT2D eigenvalue weighted by Crippen LogP contribution is 2.39. The van der Waals surface area contributed by atoms with Crippen LogP contribution in [0, 0.1) is 6.92 Å². The molecule has 3 N–H and O–H groups in total. The molecule has 5 rings (SSSR count). The van der Waals surface area contributed by atoms with Gasteiger partial charge < -0.3 is 15.6 Å². The maximum Gasteiger partial charge on any atom is 0.253 e. The fourth-order valence-electron chi connectivity index (χ4n) is 3.54. The monoisotopic (exact) mass is 347 g/mol. The average Bonchev–Trinajstić information content (AvgIpc) is 3.17. The Kier molecular flexibility index (Phi) is 3.13. The lowest BCUT2D eigenvalue weighted by Crippen LogP contribution is -2.31. The van der Waals surface area contributed by atoms with E-state index in [9.17, 15) is 4.79 Å². The number of benzene rings is 1. The molecule has 1 aliphatic heterocycles. The van der Waals surface area contributed by atoms with Crippen LogP contribution < -0.4 is 10.6 Å². The van der Waals surface area contributed by atoms with E-state index in [-0.39, 0.29) is 11.4 Å². The normalized spacial score (nSPS) is 17.7. The van der Waals surface area contributed by atoms with Gasteiger partial charge in [0.25, 0.3) is 5.91 Å². The van der Waals surface area contributed by atoms with E-state index in [0.717, 1.165) is 64.3 Å². The molecule has 1 fully saturated rings. The summed E-state index contributed by atoms with van der Waals surface area (Å²) >= 11 is 0. The molecule has 0 radical (unpaired) electrons. The van der Waals surface area contributed by atoms with Gasteiger partial charge in [0.05, 0.1) is 16.8 Å². The molecule has 0 bridgehead atoms. The first-order valence-electron chi connectivity index (χ1n) is 9.08. The van der Waals surface area contributed by atoms with Crippen LogP contribution in [0.15, 0.2) is 24.3 Å². The van der Waals surface area contributed by atoms with Gasteiger partial charge in [0, 0.05) is 35.5 Å². The van der Waals surface area contributed by atoms with Crippen molar-refractivity contribution in [2.24, 2.45) is 0 Å². The number of carbonyl (C=O) groups is 1. The standard InChI is InChI=1S/C20H21N5O/c1-11-18(25-20(2)7-8-20)24-17-12(4-3-5-15(17)22-11)16-10-13-14(23-16)6-9-21-19(13)26/h3-5,10,23H,6-9H2,1-2H3,(H,21,26)(H,24,25). The number of aryl methyl sites for hydroxylation is 1. The molecule has 1 aliphatic carbocycles. The SMILES string of the molecule is Cc1nc2cccc(-c3cc4c([nH]3)CCNC4=O)c2nc1NC1(C)CC1. The largest absolute Gasteiger partial charge is 0.363 e. The molecule has 0 spiro atoms. The molecule has 2 aromatic heterocycles. The number of nitrogens with zero attached hydrogens (tertiary/aromatic N) is 2. The van der Waals surface area contributed by atoms with E-state index in [1.54, 1.807) is 0 Å². The highest BCUT2D eigenvalue weighted by molar-refractivity contribution is 5.99. The molecule has 2 aliphatic rings. The van der Waals surface area contributed by atoms with Crippen molar-refractivity contribution < 1.29 is 4.79 Å². The van der Waals surface area contributed by atoms with Crippen molar-refractivity contribution >= 4 is 22.8 Å². The van der Waals surface area contributed by atoms with Gasteiger partial charge in [0.15, 0.2) is 0 Å². The minimum Gasteiger partial charge on any atom is -0.363 e. The van der Waals surface area contributed by atoms with Crippen molar-refractivity contribution in [3.8, 4) is 11.3 Å². The molecule has 6 nitrogen and oxygen atoms in total. The maximum atomic E-state index is 12.1. The van der Waals surface area contributed by atoms with Crippen molar-refractivity contribution in [3.63, 3.8) is 0 Å². The van der Waals surface area contributed by atoms with E-state index in [1.807, 2.05) is 31.2 Å². The molecule has 3 heterocycles. The number of para-hydroxylation sites is 1. The van der Waals surface area contributed by atoms with Crippen molar-refractivity contribution in [2.45, 2.75) is 38.6 Å². The smallest absolute Gasteiger partial charge is 0.253 e. The lowest BCUT2D eigenvalue weighted by Gasteiger charge is -2.15. The summed E-state index contributed by atoms with van der Waals surface area (Å²) in [6, 6.07) is 7.93. The summed E-state index contributed by atoms with van der Waals surface area (Å²) in [5.41, 5.74) is 6.38. The Morgan fingerprint density at radius 2 is 2.04 bits per heavy atom. The van der Waals surface area contributed by atoms with Crippen LogP contribution in [-0.4, -0.2) is 32.9 Å². The summed E-state index contributed by atoms with van der Waals surface area (Å²) in [6.07, 6.45) is 3.14. The summed E-state index contributed by atoms with van der Waals surface area (Å²) in [6.45, 7) is 4.87. The predicted octanol–water partition coefficient (Wildman–Crippen LogP) is 3.18. The third kappa shape index (κ3) is 2.44. The number of aromatic amines is 1. The van der Waals surface area contributed by atoms with Gasteiger partial charge in [-0.05, 0) is 38.8 Å². The quantitative estimate of drug-likeness (QED) is 0.679. The number of carbonyl (C=O) groups excluding carboxylic acids is 1. The van der Waals surface area contributed by atoms with Crippen molar-refractivity contribution in [1.29, 1.82) is 0 Å². The van der Waals surface area contributed by atoms with Gasteiger partial charge >= 0.3 is 0 Å². The van der Waals surface area contributed by atoms with E-state index in [0.29, 0.717) is 6.54 Å². The number of hydrogen-bond acceptors (Lipinski definition) is 4. The second-order valence-electron chi connectivity index (χ2n) is 7.60. The molecule has 0 atom stereocenters. The van der Waals surface area contributed by atoms with Crippen LogP contribution in [0.3, 0.4) is 0 Å². The van der Waals surface area contributed by atoms with Gasteiger partial charge in [0.2, 0.25) is 0 Å². The minimum absolute atomic E-state index is 0.0140. The van der Waals surface area contributed by atoms with Crippen LogP contribution in [0.2, 0.25) is 0 Å². The zero-order chi connectivity index (χ0) is 17.9. The number of hydrogen-bond donors (Lipinski definition) is 3. The first kappa shape index (κ1) is 15.4. The molecular formula is C20H21N5O. The van der Waals surface area contributed by atoms with Gasteiger partial charge in [-0.2, -0.15) is 0 Å². The molecular weight excluding hydrogens is 326 g/mol. The number of fused-ring (bicyclic) bond motifs is 2. The molecule has 6 heteroatoms. The van der Waals surface area contributed by atoms with E-state index < -0.39 is 0 Å². The highest BCUT2D eigenvalue weighted by Gasteiger charge is 2.38. The van der Waals surface area contributed by atoms with Crippen molar-refractivity contribution in [2.75, 3.05) is 11.9 Å². The van der Waals surface area contributed by atoms with Crippen LogP contribution in [0.5, 0.6) is 0 Å². The van der Waals surface area contributed by atoms with Gasteiger partial charge in [-0.15, -0.1) is 0 Å². The van der Waals surface area contributed by atoms with E-state index in [1.165, 1.54) is 0 Å². The average molecular weight is 347 g/mol. The summed E-state index contributed by atoms with van der Waals surface area (Å²) in [5, 5.41) is 6.43. The number of H-pyrrole nitrogens is 1. The summed E-state index contributed by atoms with van der Waals surface area (Å²) in [7, 11) is 0. The Balaban J connectivity index is 1.65. The molecule has 3 aromatic rings. The number of anilines is 1. The van der Waals surface area contributed by atoms with Crippen LogP contribution in [0.4, 0.5) is 5.82 Å². The molecule has 1 aromatic carbocycles. The fraction of sp³-hybridized carbons (Fsp3) is 0.350. The summed E-state index contributed by atoms with van der Waals surface area (Å²) < 4.78 is 0. The molecule has 1 amide bonds. The van der Waals surface area contributed by atoms with Crippen LogP contribution in [-0.2, 0) is 6.42 Å². The first-order chi connectivity index (χ1) is 12.5. The Bertz CT molecular complexity index is 1050. The zero-order valence-corrected chi connectivity index (χ0v) is 14.9. The molecule has 26 heavy (non-hydrogen) atoms. The molecule has 0 saturated heterocycles. The first-order valence-corrected chi connectivity index (χ1v) is 9.08. The Labute approximate surface area is 151 Å². The highest BCUT2D eigenvalue weighted by atomic mass is 16.1. The number of nitrogens with one attached hydrogen (secondary N) is 3. The maximum absolute atomic E-state index is 12.1. The van der Waals surface area contributed by atoms with E-state index in [4.69, 9.17) is 9.97 Å². The van der Waals surface area contributed by atoms with E-state index in [2.05, 4.69) is 22.5 Å². The Morgan fingerprint density at radius 1 is 1.19 bits per heavy atom. The van der Waals surface area contributed by atoms with Crippen molar-refractivity contribution in [1.82, 2.24) is 20.3 Å². The third-order valence-corrected chi connectivity index (χ3v) is 5.38. The number of rotatable bonds is 3. The lowest BCUT2D eigenvalue weighted by atomic mass is 10.1.